The average molecular weight is 195 g/mol. The molecular formula is C11H21N3. The molecule has 1 unspecified atom stereocenters. The van der Waals surface area contributed by atoms with Gasteiger partial charge in [0, 0.05) is 31.0 Å². The van der Waals surface area contributed by atoms with E-state index in [1.807, 2.05) is 18.7 Å². The van der Waals surface area contributed by atoms with Crippen LogP contribution in [0.15, 0.2) is 18.7 Å². The Morgan fingerprint density at radius 3 is 2.71 bits per heavy atom. The van der Waals surface area contributed by atoms with Crippen molar-refractivity contribution in [1.29, 1.82) is 0 Å². The van der Waals surface area contributed by atoms with Crippen molar-refractivity contribution in [2.24, 2.45) is 0 Å². The van der Waals surface area contributed by atoms with Gasteiger partial charge in [0.2, 0.25) is 0 Å². The summed E-state index contributed by atoms with van der Waals surface area (Å²) in [5, 5.41) is 3.47. The van der Waals surface area contributed by atoms with Crippen LogP contribution in [0.2, 0.25) is 0 Å². The molecule has 0 aliphatic heterocycles. The highest BCUT2D eigenvalue weighted by Crippen LogP contribution is 2.12. The summed E-state index contributed by atoms with van der Waals surface area (Å²) in [7, 11) is 0. The Labute approximate surface area is 86.5 Å². The summed E-state index contributed by atoms with van der Waals surface area (Å²) in [5.41, 5.74) is 0. The highest BCUT2D eigenvalue weighted by atomic mass is 15.1. The standard InChI is InChI=1S/C11H21N3/c1-4-5-11(8-13-10(2)3)14-7-6-12-9-14/h6-7,9-11,13H,4-5,8H2,1-3H3. The van der Waals surface area contributed by atoms with Crippen molar-refractivity contribution in [1.82, 2.24) is 14.9 Å². The number of rotatable bonds is 6. The quantitative estimate of drug-likeness (QED) is 0.754. The largest absolute Gasteiger partial charge is 0.333 e. The van der Waals surface area contributed by atoms with Crippen LogP contribution in [-0.4, -0.2) is 22.1 Å². The zero-order valence-electron chi connectivity index (χ0n) is 9.40. The Morgan fingerprint density at radius 2 is 2.21 bits per heavy atom. The molecule has 0 aliphatic rings. The number of nitrogens with zero attached hydrogens (tertiary/aromatic N) is 2. The van der Waals surface area contributed by atoms with E-state index in [9.17, 15) is 0 Å². The SMILES string of the molecule is CCCC(CNC(C)C)n1ccnc1. The molecule has 1 rings (SSSR count). The van der Waals surface area contributed by atoms with E-state index in [2.05, 4.69) is 35.6 Å². The minimum absolute atomic E-state index is 0.546. The van der Waals surface area contributed by atoms with Crippen molar-refractivity contribution < 1.29 is 0 Å². The second-order valence-electron chi connectivity index (χ2n) is 4.02. The fourth-order valence-electron chi connectivity index (χ4n) is 1.55. The minimum atomic E-state index is 0.546. The van der Waals surface area contributed by atoms with E-state index in [0.29, 0.717) is 12.1 Å². The van der Waals surface area contributed by atoms with Gasteiger partial charge in [-0.25, -0.2) is 4.98 Å². The number of hydrogen-bond donors (Lipinski definition) is 1. The Kier molecular flexibility index (Phi) is 4.66. The van der Waals surface area contributed by atoms with Gasteiger partial charge in [0.05, 0.1) is 6.33 Å². The van der Waals surface area contributed by atoms with Crippen LogP contribution in [0.1, 0.15) is 39.7 Å². The minimum Gasteiger partial charge on any atom is -0.333 e. The molecule has 0 saturated carbocycles. The van der Waals surface area contributed by atoms with E-state index in [1.54, 1.807) is 0 Å². The van der Waals surface area contributed by atoms with Gasteiger partial charge >= 0.3 is 0 Å². The lowest BCUT2D eigenvalue weighted by atomic mass is 10.1. The normalized spacial score (nSPS) is 13.4. The Bertz CT molecular complexity index is 229. The van der Waals surface area contributed by atoms with E-state index in [1.165, 1.54) is 12.8 Å². The first kappa shape index (κ1) is 11.2. The fourth-order valence-corrected chi connectivity index (χ4v) is 1.55. The van der Waals surface area contributed by atoms with Crippen LogP contribution >= 0.6 is 0 Å². The first-order chi connectivity index (χ1) is 6.74. The lowest BCUT2D eigenvalue weighted by Gasteiger charge is -2.19. The van der Waals surface area contributed by atoms with Gasteiger partial charge in [0.25, 0.3) is 0 Å². The van der Waals surface area contributed by atoms with Crippen molar-refractivity contribution in [2.45, 2.75) is 45.7 Å². The summed E-state index contributed by atoms with van der Waals surface area (Å²) in [4.78, 5) is 4.09. The molecule has 1 atom stereocenters. The third-order valence-electron chi connectivity index (χ3n) is 2.33. The topological polar surface area (TPSA) is 29.9 Å². The molecule has 0 radical (unpaired) electrons. The van der Waals surface area contributed by atoms with Gasteiger partial charge in [-0.2, -0.15) is 0 Å². The highest BCUT2D eigenvalue weighted by molar-refractivity contribution is 4.81. The molecule has 3 nitrogen and oxygen atoms in total. The van der Waals surface area contributed by atoms with Crippen LogP contribution in [0.3, 0.4) is 0 Å². The molecule has 1 aromatic heterocycles. The van der Waals surface area contributed by atoms with Crippen LogP contribution in [0.25, 0.3) is 0 Å². The predicted octanol–water partition coefficient (Wildman–Crippen LogP) is 2.22. The molecular weight excluding hydrogens is 174 g/mol. The molecule has 0 aromatic carbocycles. The lowest BCUT2D eigenvalue weighted by molar-refractivity contribution is 0.410. The second-order valence-corrected chi connectivity index (χ2v) is 4.02. The predicted molar refractivity (Wildman–Crippen MR) is 59.3 cm³/mol. The van der Waals surface area contributed by atoms with Gasteiger partial charge in [0.15, 0.2) is 0 Å². The van der Waals surface area contributed by atoms with Gasteiger partial charge in [-0.05, 0) is 6.42 Å². The van der Waals surface area contributed by atoms with E-state index in [4.69, 9.17) is 0 Å². The molecule has 1 heterocycles. The van der Waals surface area contributed by atoms with Gasteiger partial charge in [-0.1, -0.05) is 27.2 Å². The summed E-state index contributed by atoms with van der Waals surface area (Å²) >= 11 is 0. The van der Waals surface area contributed by atoms with Gasteiger partial charge < -0.3 is 9.88 Å². The smallest absolute Gasteiger partial charge is 0.0948 e. The molecule has 3 heteroatoms. The van der Waals surface area contributed by atoms with Crippen LogP contribution in [0.5, 0.6) is 0 Å². The van der Waals surface area contributed by atoms with Crippen LogP contribution in [0.4, 0.5) is 0 Å². The molecule has 0 amide bonds. The van der Waals surface area contributed by atoms with E-state index in [0.717, 1.165) is 6.54 Å². The summed E-state index contributed by atoms with van der Waals surface area (Å²) in [6, 6.07) is 1.10. The van der Waals surface area contributed by atoms with E-state index in [-0.39, 0.29) is 0 Å². The van der Waals surface area contributed by atoms with Crippen molar-refractivity contribution in [3.8, 4) is 0 Å². The maximum atomic E-state index is 4.09. The number of aromatic nitrogens is 2. The van der Waals surface area contributed by atoms with Crippen LogP contribution in [-0.2, 0) is 0 Å². The molecule has 0 spiro atoms. The van der Waals surface area contributed by atoms with Crippen molar-refractivity contribution >= 4 is 0 Å². The molecule has 1 N–H and O–H groups in total. The zero-order chi connectivity index (χ0) is 10.4. The number of hydrogen-bond acceptors (Lipinski definition) is 2. The summed E-state index contributed by atoms with van der Waals surface area (Å²) < 4.78 is 2.19. The van der Waals surface area contributed by atoms with Gasteiger partial charge in [0.1, 0.15) is 0 Å². The maximum Gasteiger partial charge on any atom is 0.0948 e. The van der Waals surface area contributed by atoms with Crippen LogP contribution < -0.4 is 5.32 Å². The number of nitrogens with one attached hydrogen (secondary N) is 1. The first-order valence-electron chi connectivity index (χ1n) is 5.44. The van der Waals surface area contributed by atoms with E-state index >= 15 is 0 Å². The zero-order valence-corrected chi connectivity index (χ0v) is 9.40. The molecule has 1 aromatic rings. The van der Waals surface area contributed by atoms with Crippen molar-refractivity contribution in [3.63, 3.8) is 0 Å². The molecule has 0 fully saturated rings. The lowest BCUT2D eigenvalue weighted by Crippen LogP contribution is -2.30. The molecule has 0 saturated heterocycles. The summed E-state index contributed by atoms with van der Waals surface area (Å²) in [6.45, 7) is 7.61. The molecule has 80 valence electrons. The van der Waals surface area contributed by atoms with Crippen LogP contribution in [0, 0.1) is 0 Å². The summed E-state index contributed by atoms with van der Waals surface area (Å²) in [5.74, 6) is 0. The third kappa shape index (κ3) is 3.50. The van der Waals surface area contributed by atoms with Crippen molar-refractivity contribution in [3.05, 3.63) is 18.7 Å². The second kappa shape index (κ2) is 5.81. The molecule has 0 bridgehead atoms. The Balaban J connectivity index is 2.47. The first-order valence-corrected chi connectivity index (χ1v) is 5.44. The Morgan fingerprint density at radius 1 is 1.43 bits per heavy atom. The van der Waals surface area contributed by atoms with Crippen molar-refractivity contribution in [2.75, 3.05) is 6.54 Å². The van der Waals surface area contributed by atoms with Gasteiger partial charge in [-0.15, -0.1) is 0 Å². The third-order valence-corrected chi connectivity index (χ3v) is 2.33. The fraction of sp³-hybridized carbons (Fsp3) is 0.727. The highest BCUT2D eigenvalue weighted by Gasteiger charge is 2.08. The monoisotopic (exact) mass is 195 g/mol. The van der Waals surface area contributed by atoms with Gasteiger partial charge in [-0.3, -0.25) is 0 Å². The maximum absolute atomic E-state index is 4.09. The van der Waals surface area contributed by atoms with E-state index < -0.39 is 0 Å². The molecule has 0 aliphatic carbocycles. The summed E-state index contributed by atoms with van der Waals surface area (Å²) in [6.07, 6.45) is 8.21. The Hall–Kier alpha value is -0.830. The number of imidazole rings is 1. The molecule has 14 heavy (non-hydrogen) atoms. The average Bonchev–Trinajstić information content (AvgIpc) is 2.64.